The van der Waals surface area contributed by atoms with E-state index in [-0.39, 0.29) is 46.2 Å². The van der Waals surface area contributed by atoms with Crippen molar-refractivity contribution in [2.24, 2.45) is 5.92 Å². The Morgan fingerprint density at radius 3 is 2.59 bits per heavy atom. The van der Waals surface area contributed by atoms with Crippen molar-refractivity contribution in [1.82, 2.24) is 9.03 Å². The molecule has 3 rings (SSSR count). The van der Waals surface area contributed by atoms with Gasteiger partial charge in [-0.05, 0) is 69.6 Å². The molecule has 1 unspecified atom stereocenters. The molecule has 12 heteroatoms. The molecule has 0 radical (unpaired) electrons. The minimum atomic E-state index is -3.96. The van der Waals surface area contributed by atoms with Crippen molar-refractivity contribution in [3.8, 4) is 5.75 Å². The molecule has 1 aliphatic heterocycles. The molecule has 0 aromatic heterocycles. The molecule has 2 aromatic carbocycles. The standard InChI is InChI=1S/C22H28ClN3O6S2/c1-4-32-20-10-8-17(23)12-21(20)34(30,31)26-11-5-6-16(14-26)22(27)25-19-13-18(9-7-15(19)2)33(28,29)24-3/h7-10,12-13,16,24H,4-6,11,14H2,1-3H3,(H,25,27). The van der Waals surface area contributed by atoms with Crippen LogP contribution in [-0.4, -0.2) is 53.8 Å². The molecule has 2 aromatic rings. The largest absolute Gasteiger partial charge is 0.492 e. The van der Waals surface area contributed by atoms with Gasteiger partial charge in [0.05, 0.1) is 17.4 Å². The molecule has 0 spiro atoms. The van der Waals surface area contributed by atoms with E-state index in [4.69, 9.17) is 16.3 Å². The molecule has 1 saturated heterocycles. The first-order chi connectivity index (χ1) is 16.0. The summed E-state index contributed by atoms with van der Waals surface area (Å²) in [6.45, 7) is 4.04. The molecule has 2 N–H and O–H groups in total. The second kappa shape index (κ2) is 10.6. The van der Waals surface area contributed by atoms with Crippen LogP contribution in [0.25, 0.3) is 0 Å². The number of amides is 1. The fourth-order valence-electron chi connectivity index (χ4n) is 3.73. The van der Waals surface area contributed by atoms with E-state index in [0.29, 0.717) is 24.1 Å². The molecule has 1 aliphatic rings. The van der Waals surface area contributed by atoms with Gasteiger partial charge in [0.25, 0.3) is 0 Å². The minimum absolute atomic E-state index is 0.0141. The number of carbonyl (C=O) groups is 1. The van der Waals surface area contributed by atoms with Crippen LogP contribution in [0.5, 0.6) is 5.75 Å². The van der Waals surface area contributed by atoms with Gasteiger partial charge in [0, 0.05) is 23.8 Å². The maximum absolute atomic E-state index is 13.4. The molecule has 0 saturated carbocycles. The van der Waals surface area contributed by atoms with E-state index in [1.165, 1.54) is 35.6 Å². The molecule has 1 heterocycles. The van der Waals surface area contributed by atoms with Gasteiger partial charge >= 0.3 is 0 Å². The van der Waals surface area contributed by atoms with Gasteiger partial charge in [-0.15, -0.1) is 0 Å². The Balaban J connectivity index is 1.82. The van der Waals surface area contributed by atoms with Gasteiger partial charge in [-0.1, -0.05) is 17.7 Å². The van der Waals surface area contributed by atoms with Gasteiger partial charge in [-0.25, -0.2) is 21.6 Å². The Hall–Kier alpha value is -2.18. The zero-order chi connectivity index (χ0) is 25.1. The first-order valence-electron chi connectivity index (χ1n) is 10.8. The topological polar surface area (TPSA) is 122 Å². The second-order valence-corrected chi connectivity index (χ2v) is 12.1. The first kappa shape index (κ1) is 26.4. The van der Waals surface area contributed by atoms with Gasteiger partial charge in [0.15, 0.2) is 0 Å². The third-order valence-electron chi connectivity index (χ3n) is 5.62. The van der Waals surface area contributed by atoms with Crippen molar-refractivity contribution in [3.63, 3.8) is 0 Å². The van der Waals surface area contributed by atoms with Gasteiger partial charge in [-0.2, -0.15) is 4.31 Å². The lowest BCUT2D eigenvalue weighted by atomic mass is 9.98. The summed E-state index contributed by atoms with van der Waals surface area (Å²) in [7, 11) is -6.33. The molecule has 186 valence electrons. The highest BCUT2D eigenvalue weighted by Crippen LogP contribution is 2.32. The summed E-state index contributed by atoms with van der Waals surface area (Å²) >= 11 is 6.05. The predicted octanol–water partition coefficient (Wildman–Crippen LogP) is 2.99. The Bertz CT molecular complexity index is 1280. The summed E-state index contributed by atoms with van der Waals surface area (Å²) in [4.78, 5) is 13.0. The second-order valence-electron chi connectivity index (χ2n) is 7.90. The van der Waals surface area contributed by atoms with Crippen LogP contribution in [0.1, 0.15) is 25.3 Å². The number of halogens is 1. The first-order valence-corrected chi connectivity index (χ1v) is 14.1. The lowest BCUT2D eigenvalue weighted by molar-refractivity contribution is -0.120. The van der Waals surface area contributed by atoms with Gasteiger partial charge in [-0.3, -0.25) is 4.79 Å². The molecule has 0 aliphatic carbocycles. The number of piperidine rings is 1. The number of nitrogens with one attached hydrogen (secondary N) is 2. The van der Waals surface area contributed by atoms with Crippen molar-refractivity contribution >= 4 is 43.2 Å². The maximum Gasteiger partial charge on any atom is 0.246 e. The number of nitrogens with zero attached hydrogens (tertiary/aromatic N) is 1. The Morgan fingerprint density at radius 1 is 1.18 bits per heavy atom. The Morgan fingerprint density at radius 2 is 1.91 bits per heavy atom. The van der Waals surface area contributed by atoms with E-state index in [2.05, 4.69) is 10.0 Å². The highest BCUT2D eigenvalue weighted by atomic mass is 35.5. The van der Waals surface area contributed by atoms with E-state index in [0.717, 1.165) is 0 Å². The summed E-state index contributed by atoms with van der Waals surface area (Å²) in [5.74, 6) is -0.781. The molecular formula is C22H28ClN3O6S2. The van der Waals surface area contributed by atoms with E-state index in [1.54, 1.807) is 26.0 Å². The number of aryl methyl sites for hydroxylation is 1. The highest BCUT2D eigenvalue weighted by molar-refractivity contribution is 7.89. The van der Waals surface area contributed by atoms with Crippen LogP contribution >= 0.6 is 11.6 Å². The summed E-state index contributed by atoms with van der Waals surface area (Å²) in [5.41, 5.74) is 1.04. The van der Waals surface area contributed by atoms with Crippen molar-refractivity contribution in [3.05, 3.63) is 47.0 Å². The van der Waals surface area contributed by atoms with E-state index in [9.17, 15) is 21.6 Å². The van der Waals surface area contributed by atoms with Crippen LogP contribution in [0.15, 0.2) is 46.2 Å². The lowest BCUT2D eigenvalue weighted by Gasteiger charge is -2.31. The summed E-state index contributed by atoms with van der Waals surface area (Å²) in [6.07, 6.45) is 0.994. The summed E-state index contributed by atoms with van der Waals surface area (Å²) < 4.78 is 60.0. The monoisotopic (exact) mass is 529 g/mol. The zero-order valence-electron chi connectivity index (χ0n) is 19.2. The third kappa shape index (κ3) is 5.72. The molecule has 1 amide bonds. The van der Waals surface area contributed by atoms with Crippen molar-refractivity contribution < 1.29 is 26.4 Å². The number of carbonyl (C=O) groups excluding carboxylic acids is 1. The molecule has 0 bridgehead atoms. The smallest absolute Gasteiger partial charge is 0.246 e. The van der Waals surface area contributed by atoms with Crippen LogP contribution in [0, 0.1) is 12.8 Å². The number of ether oxygens (including phenoxy) is 1. The molecule has 34 heavy (non-hydrogen) atoms. The quantitative estimate of drug-likeness (QED) is 0.542. The highest BCUT2D eigenvalue weighted by Gasteiger charge is 2.35. The van der Waals surface area contributed by atoms with Gasteiger partial charge < -0.3 is 10.1 Å². The van der Waals surface area contributed by atoms with Crippen LogP contribution in [0.4, 0.5) is 5.69 Å². The molecular weight excluding hydrogens is 502 g/mol. The van der Waals surface area contributed by atoms with E-state index >= 15 is 0 Å². The molecule has 1 fully saturated rings. The van der Waals surface area contributed by atoms with Crippen LogP contribution in [0.2, 0.25) is 5.02 Å². The zero-order valence-corrected chi connectivity index (χ0v) is 21.6. The maximum atomic E-state index is 13.4. The number of hydrogen-bond acceptors (Lipinski definition) is 6. The predicted molar refractivity (Wildman–Crippen MR) is 130 cm³/mol. The third-order valence-corrected chi connectivity index (χ3v) is 9.16. The van der Waals surface area contributed by atoms with Crippen LogP contribution < -0.4 is 14.8 Å². The van der Waals surface area contributed by atoms with E-state index in [1.807, 2.05) is 0 Å². The Kier molecular flexibility index (Phi) is 8.25. The van der Waals surface area contributed by atoms with Crippen LogP contribution in [-0.2, 0) is 24.8 Å². The SMILES string of the molecule is CCOc1ccc(Cl)cc1S(=O)(=O)N1CCCC(C(=O)Nc2cc(S(=O)(=O)NC)ccc2C)C1. The summed E-state index contributed by atoms with van der Waals surface area (Å²) in [6, 6.07) is 8.86. The number of anilines is 1. The number of sulfonamides is 2. The van der Waals surface area contributed by atoms with E-state index < -0.39 is 26.0 Å². The minimum Gasteiger partial charge on any atom is -0.492 e. The van der Waals surface area contributed by atoms with Crippen molar-refractivity contribution in [2.45, 2.75) is 36.5 Å². The average Bonchev–Trinajstić information content (AvgIpc) is 2.81. The normalized spacial score (nSPS) is 17.4. The fourth-order valence-corrected chi connectivity index (χ4v) is 6.40. The number of benzene rings is 2. The number of hydrogen-bond donors (Lipinski definition) is 2. The van der Waals surface area contributed by atoms with Crippen molar-refractivity contribution in [2.75, 3.05) is 32.1 Å². The lowest BCUT2D eigenvalue weighted by Crippen LogP contribution is -2.43. The number of rotatable bonds is 8. The average molecular weight is 530 g/mol. The van der Waals surface area contributed by atoms with Crippen molar-refractivity contribution in [1.29, 1.82) is 0 Å². The molecule has 1 atom stereocenters. The Labute approximate surface area is 205 Å². The summed E-state index contributed by atoms with van der Waals surface area (Å²) in [5, 5.41) is 3.03. The van der Waals surface area contributed by atoms with Crippen LogP contribution in [0.3, 0.4) is 0 Å². The fraction of sp³-hybridized carbons (Fsp3) is 0.409. The van der Waals surface area contributed by atoms with Gasteiger partial charge in [0.2, 0.25) is 26.0 Å². The molecule has 9 nitrogen and oxygen atoms in total. The van der Waals surface area contributed by atoms with Gasteiger partial charge in [0.1, 0.15) is 10.6 Å².